The molecule has 2 aromatic rings. The van der Waals surface area contributed by atoms with E-state index in [9.17, 15) is 14.7 Å². The van der Waals surface area contributed by atoms with E-state index >= 15 is 0 Å². The van der Waals surface area contributed by atoms with Crippen molar-refractivity contribution in [3.8, 4) is 0 Å². The van der Waals surface area contributed by atoms with E-state index in [1.54, 1.807) is 0 Å². The highest BCUT2D eigenvalue weighted by atomic mass is 16.4. The lowest BCUT2D eigenvalue weighted by Crippen LogP contribution is -2.31. The van der Waals surface area contributed by atoms with Crippen LogP contribution >= 0.6 is 0 Å². The van der Waals surface area contributed by atoms with Crippen molar-refractivity contribution in [2.45, 2.75) is 38.6 Å². The molecule has 1 aliphatic carbocycles. The Bertz CT molecular complexity index is 782. The molecule has 0 aliphatic heterocycles. The van der Waals surface area contributed by atoms with Gasteiger partial charge in [-0.25, -0.2) is 0 Å². The Labute approximate surface area is 141 Å². The van der Waals surface area contributed by atoms with Crippen LogP contribution in [0.5, 0.6) is 0 Å². The van der Waals surface area contributed by atoms with Gasteiger partial charge in [-0.3, -0.25) is 9.59 Å². The third-order valence-electron chi connectivity index (χ3n) is 4.64. The smallest absolute Gasteiger partial charge is 0.305 e. The summed E-state index contributed by atoms with van der Waals surface area (Å²) in [4.78, 5) is 24.0. The van der Waals surface area contributed by atoms with Crippen LogP contribution in [0.15, 0.2) is 42.5 Å². The number of hydrogen-bond acceptors (Lipinski definition) is 2. The van der Waals surface area contributed by atoms with Gasteiger partial charge in [0, 0.05) is 5.56 Å². The second kappa shape index (κ2) is 6.87. The lowest BCUT2D eigenvalue weighted by atomic mass is 9.97. The minimum Gasteiger partial charge on any atom is -0.481 e. The van der Waals surface area contributed by atoms with Crippen LogP contribution in [0.1, 0.15) is 51.5 Å². The molecular formula is C20H21NO3. The number of nitrogens with one attached hydrogen (secondary N) is 1. The molecule has 0 aromatic heterocycles. The molecule has 0 bridgehead atoms. The molecule has 2 N–H and O–H groups in total. The fourth-order valence-electron chi connectivity index (χ4n) is 3.46. The van der Waals surface area contributed by atoms with Crippen molar-refractivity contribution in [2.24, 2.45) is 0 Å². The number of rotatable bonds is 5. The summed E-state index contributed by atoms with van der Waals surface area (Å²) >= 11 is 0. The largest absolute Gasteiger partial charge is 0.481 e. The summed E-state index contributed by atoms with van der Waals surface area (Å²) in [7, 11) is 0. The quantitative estimate of drug-likeness (QED) is 0.886. The highest BCUT2D eigenvalue weighted by Crippen LogP contribution is 2.27. The van der Waals surface area contributed by atoms with E-state index < -0.39 is 12.0 Å². The molecule has 2 aromatic carbocycles. The monoisotopic (exact) mass is 323 g/mol. The van der Waals surface area contributed by atoms with Crippen LogP contribution in [-0.4, -0.2) is 17.0 Å². The Hall–Kier alpha value is -2.62. The Balaban J connectivity index is 1.88. The van der Waals surface area contributed by atoms with E-state index in [1.165, 1.54) is 5.56 Å². The van der Waals surface area contributed by atoms with Gasteiger partial charge < -0.3 is 10.4 Å². The first-order valence-corrected chi connectivity index (χ1v) is 8.25. The number of aryl methyl sites for hydroxylation is 2. The standard InChI is InChI=1S/C20H21NO3/c1-13-6-2-3-9-15(13)18(12-19(22)23)21-20(24)17-11-5-8-14-7-4-10-16(14)17/h2-3,5-6,8-9,11,18H,4,7,10,12H2,1H3,(H,21,24)(H,22,23). The molecule has 0 saturated heterocycles. The van der Waals surface area contributed by atoms with Gasteiger partial charge >= 0.3 is 5.97 Å². The molecule has 0 heterocycles. The molecule has 1 aliphatic rings. The molecular weight excluding hydrogens is 302 g/mol. The topological polar surface area (TPSA) is 66.4 Å². The zero-order valence-electron chi connectivity index (χ0n) is 13.7. The van der Waals surface area contributed by atoms with Crippen molar-refractivity contribution in [3.05, 3.63) is 70.3 Å². The minimum absolute atomic E-state index is 0.133. The number of fused-ring (bicyclic) bond motifs is 1. The van der Waals surface area contributed by atoms with Gasteiger partial charge in [-0.05, 0) is 54.5 Å². The van der Waals surface area contributed by atoms with Crippen molar-refractivity contribution >= 4 is 11.9 Å². The van der Waals surface area contributed by atoms with Crippen LogP contribution < -0.4 is 5.32 Å². The molecule has 0 fully saturated rings. The van der Waals surface area contributed by atoms with Crippen molar-refractivity contribution in [3.63, 3.8) is 0 Å². The van der Waals surface area contributed by atoms with E-state index in [1.807, 2.05) is 43.3 Å². The van der Waals surface area contributed by atoms with Crippen LogP contribution in [0.3, 0.4) is 0 Å². The third-order valence-corrected chi connectivity index (χ3v) is 4.64. The Morgan fingerprint density at radius 1 is 1.12 bits per heavy atom. The number of hydrogen-bond donors (Lipinski definition) is 2. The molecule has 1 atom stereocenters. The SMILES string of the molecule is Cc1ccccc1C(CC(=O)O)NC(=O)c1cccc2c1CCC2. The normalized spacial score (nSPS) is 14.0. The summed E-state index contributed by atoms with van der Waals surface area (Å²) in [5, 5.41) is 12.2. The van der Waals surface area contributed by atoms with Crippen LogP contribution in [-0.2, 0) is 17.6 Å². The highest BCUT2D eigenvalue weighted by Gasteiger charge is 2.23. The average molecular weight is 323 g/mol. The first-order valence-electron chi connectivity index (χ1n) is 8.25. The zero-order valence-corrected chi connectivity index (χ0v) is 13.7. The lowest BCUT2D eigenvalue weighted by molar-refractivity contribution is -0.137. The van der Waals surface area contributed by atoms with E-state index in [-0.39, 0.29) is 12.3 Å². The number of carbonyl (C=O) groups is 2. The second-order valence-electron chi connectivity index (χ2n) is 6.28. The van der Waals surface area contributed by atoms with Crippen LogP contribution in [0, 0.1) is 6.92 Å². The molecule has 4 heteroatoms. The summed E-state index contributed by atoms with van der Waals surface area (Å²) in [6.45, 7) is 1.93. The molecule has 3 rings (SSSR count). The molecule has 24 heavy (non-hydrogen) atoms. The van der Waals surface area contributed by atoms with Crippen molar-refractivity contribution < 1.29 is 14.7 Å². The molecule has 0 spiro atoms. The predicted octanol–water partition coefficient (Wildman–Crippen LogP) is 3.43. The van der Waals surface area contributed by atoms with Gasteiger partial charge in [0.25, 0.3) is 5.91 Å². The van der Waals surface area contributed by atoms with Crippen LogP contribution in [0.2, 0.25) is 0 Å². The van der Waals surface area contributed by atoms with Gasteiger partial charge in [-0.1, -0.05) is 36.4 Å². The van der Waals surface area contributed by atoms with Crippen LogP contribution in [0.4, 0.5) is 0 Å². The molecule has 124 valence electrons. The maximum atomic E-state index is 12.8. The molecule has 4 nitrogen and oxygen atoms in total. The fourth-order valence-corrected chi connectivity index (χ4v) is 3.46. The summed E-state index contributed by atoms with van der Waals surface area (Å²) in [5.41, 5.74) is 4.83. The van der Waals surface area contributed by atoms with Gasteiger partial charge in [-0.2, -0.15) is 0 Å². The van der Waals surface area contributed by atoms with Crippen molar-refractivity contribution in [1.29, 1.82) is 0 Å². The zero-order chi connectivity index (χ0) is 17.1. The van der Waals surface area contributed by atoms with Crippen molar-refractivity contribution in [1.82, 2.24) is 5.32 Å². The van der Waals surface area contributed by atoms with E-state index in [4.69, 9.17) is 0 Å². The van der Waals surface area contributed by atoms with Gasteiger partial charge in [0.1, 0.15) is 0 Å². The summed E-state index contributed by atoms with van der Waals surface area (Å²) in [5.74, 6) is -1.12. The lowest BCUT2D eigenvalue weighted by Gasteiger charge is -2.20. The number of benzene rings is 2. The summed E-state index contributed by atoms with van der Waals surface area (Å²) < 4.78 is 0. The maximum absolute atomic E-state index is 12.8. The predicted molar refractivity (Wildman–Crippen MR) is 92.1 cm³/mol. The summed E-state index contributed by atoms with van der Waals surface area (Å²) in [6.07, 6.45) is 2.85. The van der Waals surface area contributed by atoms with Gasteiger partial charge in [0.05, 0.1) is 12.5 Å². The van der Waals surface area contributed by atoms with E-state index in [0.29, 0.717) is 5.56 Å². The number of aliphatic carboxylic acids is 1. The van der Waals surface area contributed by atoms with E-state index in [0.717, 1.165) is 36.0 Å². The number of carboxylic acids is 1. The second-order valence-corrected chi connectivity index (χ2v) is 6.28. The molecule has 0 saturated carbocycles. The van der Waals surface area contributed by atoms with Crippen LogP contribution in [0.25, 0.3) is 0 Å². The molecule has 1 amide bonds. The minimum atomic E-state index is -0.929. The number of carbonyl (C=O) groups excluding carboxylic acids is 1. The highest BCUT2D eigenvalue weighted by molar-refractivity contribution is 5.96. The maximum Gasteiger partial charge on any atom is 0.305 e. The average Bonchev–Trinajstić information content (AvgIpc) is 3.02. The third kappa shape index (κ3) is 3.32. The van der Waals surface area contributed by atoms with Gasteiger partial charge in [0.15, 0.2) is 0 Å². The number of carboxylic acid groups (broad SMARTS) is 1. The Morgan fingerprint density at radius 3 is 2.67 bits per heavy atom. The van der Waals surface area contributed by atoms with Gasteiger partial charge in [0.2, 0.25) is 0 Å². The number of amides is 1. The Kier molecular flexibility index (Phi) is 4.65. The Morgan fingerprint density at radius 2 is 1.92 bits per heavy atom. The van der Waals surface area contributed by atoms with Crippen molar-refractivity contribution in [2.75, 3.05) is 0 Å². The van der Waals surface area contributed by atoms with Gasteiger partial charge in [-0.15, -0.1) is 0 Å². The fraction of sp³-hybridized carbons (Fsp3) is 0.300. The molecule has 1 unspecified atom stereocenters. The van der Waals surface area contributed by atoms with E-state index in [2.05, 4.69) is 11.4 Å². The molecule has 0 radical (unpaired) electrons. The summed E-state index contributed by atoms with van der Waals surface area (Å²) in [6, 6.07) is 12.8. The first kappa shape index (κ1) is 16.2. The first-order chi connectivity index (χ1) is 11.6.